The van der Waals surface area contributed by atoms with E-state index in [2.05, 4.69) is 4.98 Å². The second-order valence-corrected chi connectivity index (χ2v) is 3.81. The van der Waals surface area contributed by atoms with E-state index in [1.54, 1.807) is 42.5 Å². The second-order valence-electron chi connectivity index (χ2n) is 3.81. The van der Waals surface area contributed by atoms with Gasteiger partial charge in [-0.2, -0.15) is 0 Å². The van der Waals surface area contributed by atoms with E-state index in [1.165, 1.54) is 6.08 Å². The number of carboxylic acids is 1. The van der Waals surface area contributed by atoms with Gasteiger partial charge in [0.05, 0.1) is 5.69 Å². The van der Waals surface area contributed by atoms with Crippen LogP contribution < -0.4 is 0 Å². The Morgan fingerprint density at radius 3 is 2.42 bits per heavy atom. The van der Waals surface area contributed by atoms with Gasteiger partial charge in [-0.15, -0.1) is 0 Å². The van der Waals surface area contributed by atoms with E-state index in [1.807, 2.05) is 6.07 Å². The molecule has 19 heavy (non-hydrogen) atoms. The molecule has 2 aromatic rings. The number of aromatic nitrogens is 1. The third kappa shape index (κ3) is 3.35. The number of nitrogens with zero attached hydrogens (tertiary/aromatic N) is 1. The van der Waals surface area contributed by atoms with Crippen molar-refractivity contribution in [2.24, 2.45) is 0 Å². The molecule has 4 nitrogen and oxygen atoms in total. The highest BCUT2D eigenvalue weighted by Crippen LogP contribution is 2.09. The SMILES string of the molecule is O=C(O)/C=C/c1cccc(C(=O)c2ccccc2)n1. The van der Waals surface area contributed by atoms with Crippen molar-refractivity contribution in [1.29, 1.82) is 0 Å². The first-order valence-electron chi connectivity index (χ1n) is 5.64. The number of carbonyl (C=O) groups is 2. The number of rotatable bonds is 4. The van der Waals surface area contributed by atoms with Crippen LogP contribution in [0.25, 0.3) is 6.08 Å². The first-order chi connectivity index (χ1) is 9.16. The lowest BCUT2D eigenvalue weighted by Gasteiger charge is -2.01. The summed E-state index contributed by atoms with van der Waals surface area (Å²) < 4.78 is 0. The molecule has 0 amide bonds. The van der Waals surface area contributed by atoms with Gasteiger partial charge in [0, 0.05) is 11.6 Å². The number of pyridine rings is 1. The van der Waals surface area contributed by atoms with E-state index in [0.717, 1.165) is 6.08 Å². The summed E-state index contributed by atoms with van der Waals surface area (Å²) in [5.41, 5.74) is 1.28. The number of ketones is 1. The molecule has 0 saturated heterocycles. The molecule has 0 spiro atoms. The lowest BCUT2D eigenvalue weighted by Crippen LogP contribution is -2.04. The molecule has 4 heteroatoms. The van der Waals surface area contributed by atoms with Crippen molar-refractivity contribution in [3.8, 4) is 0 Å². The van der Waals surface area contributed by atoms with Crippen molar-refractivity contribution in [2.45, 2.75) is 0 Å². The molecule has 0 fully saturated rings. The Morgan fingerprint density at radius 1 is 1.00 bits per heavy atom. The third-order valence-electron chi connectivity index (χ3n) is 2.44. The number of hydrogen-bond donors (Lipinski definition) is 1. The minimum absolute atomic E-state index is 0.189. The van der Waals surface area contributed by atoms with Crippen LogP contribution in [0.1, 0.15) is 21.7 Å². The van der Waals surface area contributed by atoms with E-state index >= 15 is 0 Å². The zero-order valence-electron chi connectivity index (χ0n) is 9.98. The molecule has 1 aromatic carbocycles. The molecule has 1 aromatic heterocycles. The molecule has 0 aliphatic rings. The van der Waals surface area contributed by atoms with Gasteiger partial charge in [-0.25, -0.2) is 9.78 Å². The van der Waals surface area contributed by atoms with Crippen LogP contribution in [0.5, 0.6) is 0 Å². The van der Waals surface area contributed by atoms with E-state index in [0.29, 0.717) is 17.0 Å². The summed E-state index contributed by atoms with van der Waals surface area (Å²) in [6.07, 6.45) is 2.34. The highest BCUT2D eigenvalue weighted by atomic mass is 16.4. The summed E-state index contributed by atoms with van der Waals surface area (Å²) in [6, 6.07) is 13.7. The van der Waals surface area contributed by atoms with Crippen molar-refractivity contribution >= 4 is 17.8 Å². The standard InChI is InChI=1S/C15H11NO3/c17-14(18)10-9-12-7-4-8-13(16-12)15(19)11-5-2-1-3-6-11/h1-10H,(H,17,18)/b10-9+. The van der Waals surface area contributed by atoms with E-state index < -0.39 is 5.97 Å². The summed E-state index contributed by atoms with van der Waals surface area (Å²) in [5, 5.41) is 8.55. The maximum atomic E-state index is 12.1. The minimum atomic E-state index is -1.05. The normalized spacial score (nSPS) is 10.5. The fourth-order valence-electron chi connectivity index (χ4n) is 1.56. The van der Waals surface area contributed by atoms with Crippen LogP contribution in [0.3, 0.4) is 0 Å². The molecule has 94 valence electrons. The number of benzene rings is 1. The van der Waals surface area contributed by atoms with Crippen LogP contribution in [-0.4, -0.2) is 21.8 Å². The minimum Gasteiger partial charge on any atom is -0.478 e. The first-order valence-corrected chi connectivity index (χ1v) is 5.64. The van der Waals surface area contributed by atoms with Gasteiger partial charge in [0.2, 0.25) is 5.78 Å². The molecular formula is C15H11NO3. The van der Waals surface area contributed by atoms with Gasteiger partial charge in [0.25, 0.3) is 0 Å². The van der Waals surface area contributed by atoms with E-state index in [-0.39, 0.29) is 5.78 Å². The van der Waals surface area contributed by atoms with Gasteiger partial charge < -0.3 is 5.11 Å². The average molecular weight is 253 g/mol. The number of carbonyl (C=O) groups excluding carboxylic acids is 1. The van der Waals surface area contributed by atoms with E-state index in [9.17, 15) is 9.59 Å². The van der Waals surface area contributed by atoms with Gasteiger partial charge in [0.1, 0.15) is 5.69 Å². The Morgan fingerprint density at radius 2 is 1.74 bits per heavy atom. The Kier molecular flexibility index (Phi) is 3.83. The maximum absolute atomic E-state index is 12.1. The van der Waals surface area contributed by atoms with Gasteiger partial charge >= 0.3 is 5.97 Å². The molecule has 0 atom stereocenters. The summed E-state index contributed by atoms with van der Waals surface area (Å²) in [5.74, 6) is -1.24. The van der Waals surface area contributed by atoms with Crippen LogP contribution in [0, 0.1) is 0 Å². The molecule has 0 unspecified atom stereocenters. The molecule has 0 aliphatic carbocycles. The summed E-state index contributed by atoms with van der Waals surface area (Å²) in [7, 11) is 0. The van der Waals surface area contributed by atoms with Gasteiger partial charge in [-0.3, -0.25) is 4.79 Å². The number of carboxylic acid groups (broad SMARTS) is 1. The molecule has 0 aliphatic heterocycles. The largest absolute Gasteiger partial charge is 0.478 e. The smallest absolute Gasteiger partial charge is 0.328 e. The molecule has 0 bridgehead atoms. The Bertz CT molecular complexity index is 633. The fraction of sp³-hybridized carbons (Fsp3) is 0. The Hall–Kier alpha value is -2.75. The van der Waals surface area contributed by atoms with Crippen LogP contribution in [-0.2, 0) is 4.79 Å². The highest BCUT2D eigenvalue weighted by molar-refractivity contribution is 6.07. The molecule has 1 heterocycles. The fourth-order valence-corrected chi connectivity index (χ4v) is 1.56. The topological polar surface area (TPSA) is 67.3 Å². The van der Waals surface area contributed by atoms with Gasteiger partial charge in [0.15, 0.2) is 0 Å². The van der Waals surface area contributed by atoms with Crippen molar-refractivity contribution in [2.75, 3.05) is 0 Å². The monoisotopic (exact) mass is 253 g/mol. The van der Waals surface area contributed by atoms with Crippen molar-refractivity contribution in [1.82, 2.24) is 4.98 Å². The maximum Gasteiger partial charge on any atom is 0.328 e. The van der Waals surface area contributed by atoms with Crippen LogP contribution in [0.4, 0.5) is 0 Å². The summed E-state index contributed by atoms with van der Waals surface area (Å²) >= 11 is 0. The molecule has 0 saturated carbocycles. The third-order valence-corrected chi connectivity index (χ3v) is 2.44. The summed E-state index contributed by atoms with van der Waals surface area (Å²) in [4.78, 5) is 26.7. The lowest BCUT2D eigenvalue weighted by atomic mass is 10.1. The van der Waals surface area contributed by atoms with Crippen LogP contribution in [0.2, 0.25) is 0 Å². The Labute approximate surface area is 110 Å². The molecule has 0 radical (unpaired) electrons. The van der Waals surface area contributed by atoms with Gasteiger partial charge in [-0.05, 0) is 18.2 Å². The van der Waals surface area contributed by atoms with Crippen molar-refractivity contribution in [3.05, 3.63) is 71.6 Å². The van der Waals surface area contributed by atoms with Crippen LogP contribution in [0.15, 0.2) is 54.6 Å². The zero-order valence-corrected chi connectivity index (χ0v) is 9.98. The second kappa shape index (κ2) is 5.73. The molecule has 2 rings (SSSR count). The predicted octanol–water partition coefficient (Wildman–Crippen LogP) is 2.41. The number of aliphatic carboxylic acids is 1. The van der Waals surface area contributed by atoms with Crippen molar-refractivity contribution in [3.63, 3.8) is 0 Å². The van der Waals surface area contributed by atoms with E-state index in [4.69, 9.17) is 5.11 Å². The average Bonchev–Trinajstić information content (AvgIpc) is 2.45. The lowest BCUT2D eigenvalue weighted by molar-refractivity contribution is -0.131. The summed E-state index contributed by atoms with van der Waals surface area (Å²) in [6.45, 7) is 0. The van der Waals surface area contributed by atoms with Crippen molar-refractivity contribution < 1.29 is 14.7 Å². The molecule has 1 N–H and O–H groups in total. The molecular weight excluding hydrogens is 242 g/mol. The predicted molar refractivity (Wildman–Crippen MR) is 70.8 cm³/mol. The number of hydrogen-bond acceptors (Lipinski definition) is 3. The quantitative estimate of drug-likeness (QED) is 0.671. The Balaban J connectivity index is 2.29. The van der Waals surface area contributed by atoms with Gasteiger partial charge in [-0.1, -0.05) is 36.4 Å². The highest BCUT2D eigenvalue weighted by Gasteiger charge is 2.09. The first kappa shape index (κ1) is 12.7. The van der Waals surface area contributed by atoms with Crippen LogP contribution >= 0.6 is 0 Å². The zero-order chi connectivity index (χ0) is 13.7.